The molecular formula is C25H32N4O2S2. The van der Waals surface area contributed by atoms with Gasteiger partial charge in [0.05, 0.1) is 4.91 Å². The van der Waals surface area contributed by atoms with Crippen molar-refractivity contribution in [2.45, 2.75) is 72.4 Å². The molecule has 0 N–H and O–H groups in total. The Kier molecular flexibility index (Phi) is 7.01. The predicted molar refractivity (Wildman–Crippen MR) is 138 cm³/mol. The van der Waals surface area contributed by atoms with E-state index < -0.39 is 0 Å². The number of amides is 1. The lowest BCUT2D eigenvalue weighted by Crippen LogP contribution is -2.43. The Bertz CT molecular complexity index is 1100. The standard InChI is InChI=1S/C25H32N4O2S2/c1-5-28-22(27-13-15(2)10-16(3)14-27)19(17(4)20(12-26)23(28)30)11-21-24(31)29(25(32)33-21)18-8-6-7-9-18/h11,15-16,18H,5-10,13-14H2,1-4H3/b21-11+. The zero-order chi connectivity index (χ0) is 23.9. The van der Waals surface area contributed by atoms with E-state index >= 15 is 0 Å². The lowest BCUT2D eigenvalue weighted by Gasteiger charge is -2.38. The highest BCUT2D eigenvalue weighted by Crippen LogP contribution is 2.40. The molecule has 3 fully saturated rings. The summed E-state index contributed by atoms with van der Waals surface area (Å²) in [4.78, 5) is 31.2. The highest BCUT2D eigenvalue weighted by Gasteiger charge is 2.39. The molecular weight excluding hydrogens is 452 g/mol. The number of thiocarbonyl (C=S) groups is 1. The van der Waals surface area contributed by atoms with Gasteiger partial charge in [0, 0.05) is 31.2 Å². The van der Waals surface area contributed by atoms with E-state index in [1.54, 1.807) is 9.47 Å². The van der Waals surface area contributed by atoms with Gasteiger partial charge >= 0.3 is 0 Å². The Morgan fingerprint density at radius 3 is 2.39 bits per heavy atom. The number of piperidine rings is 1. The summed E-state index contributed by atoms with van der Waals surface area (Å²) in [6.45, 7) is 10.4. The summed E-state index contributed by atoms with van der Waals surface area (Å²) < 4.78 is 2.32. The van der Waals surface area contributed by atoms with Gasteiger partial charge in [0.25, 0.3) is 11.5 Å². The Labute approximate surface area is 205 Å². The van der Waals surface area contributed by atoms with Crippen LogP contribution in [0.5, 0.6) is 0 Å². The second-order valence-corrected chi connectivity index (χ2v) is 11.4. The van der Waals surface area contributed by atoms with Crippen molar-refractivity contribution in [1.82, 2.24) is 9.47 Å². The first-order valence-electron chi connectivity index (χ1n) is 12.0. The minimum Gasteiger partial charge on any atom is -0.357 e. The smallest absolute Gasteiger partial charge is 0.270 e. The van der Waals surface area contributed by atoms with E-state index in [1.165, 1.54) is 11.8 Å². The van der Waals surface area contributed by atoms with E-state index in [0.29, 0.717) is 33.2 Å². The average molecular weight is 485 g/mol. The fraction of sp³-hybridized carbons (Fsp3) is 0.600. The average Bonchev–Trinajstić information content (AvgIpc) is 3.37. The molecule has 1 aromatic rings. The number of hydrogen-bond donors (Lipinski definition) is 0. The molecule has 0 radical (unpaired) electrons. The Hall–Kier alpha value is -2.11. The lowest BCUT2D eigenvalue weighted by atomic mass is 9.91. The van der Waals surface area contributed by atoms with Gasteiger partial charge in [0.15, 0.2) is 0 Å². The van der Waals surface area contributed by atoms with Crippen LogP contribution in [0.2, 0.25) is 0 Å². The van der Waals surface area contributed by atoms with Crippen LogP contribution in [0.1, 0.15) is 69.6 Å². The summed E-state index contributed by atoms with van der Waals surface area (Å²) >= 11 is 6.94. The number of nitrogens with zero attached hydrogens (tertiary/aromatic N) is 4. The third-order valence-electron chi connectivity index (χ3n) is 7.12. The first-order chi connectivity index (χ1) is 15.8. The minimum atomic E-state index is -0.256. The van der Waals surface area contributed by atoms with Crippen molar-refractivity contribution in [2.24, 2.45) is 11.8 Å². The van der Waals surface area contributed by atoms with Crippen LogP contribution in [-0.4, -0.2) is 38.8 Å². The highest BCUT2D eigenvalue weighted by atomic mass is 32.2. The van der Waals surface area contributed by atoms with Gasteiger partial charge in [0.2, 0.25) is 0 Å². The Balaban J connectivity index is 1.87. The van der Waals surface area contributed by atoms with Crippen molar-refractivity contribution >= 4 is 46.1 Å². The first kappa shape index (κ1) is 24.0. The molecule has 0 spiro atoms. The van der Waals surface area contributed by atoms with E-state index in [0.717, 1.165) is 56.6 Å². The number of thioether (sulfide) groups is 1. The molecule has 2 atom stereocenters. The summed E-state index contributed by atoms with van der Waals surface area (Å²) in [5, 5.41) is 9.77. The van der Waals surface area contributed by atoms with E-state index in [1.807, 2.05) is 19.9 Å². The third-order valence-corrected chi connectivity index (χ3v) is 8.45. The molecule has 2 saturated heterocycles. The number of aromatic nitrogens is 1. The molecule has 0 bridgehead atoms. The SMILES string of the molecule is CCn1c(N2CC(C)CC(C)C2)c(/C=C2/SC(=S)N(C3CCCC3)C2=O)c(C)c(C#N)c1=O. The van der Waals surface area contributed by atoms with Gasteiger partial charge in [-0.25, -0.2) is 0 Å². The second kappa shape index (κ2) is 9.63. The molecule has 176 valence electrons. The molecule has 33 heavy (non-hydrogen) atoms. The molecule has 1 saturated carbocycles. The number of carbonyl (C=O) groups excluding carboxylic acids is 1. The van der Waals surface area contributed by atoms with Crippen LogP contribution in [0.25, 0.3) is 6.08 Å². The molecule has 8 heteroatoms. The normalized spacial score (nSPS) is 25.4. The Morgan fingerprint density at radius 1 is 1.18 bits per heavy atom. The maximum atomic E-state index is 13.4. The molecule has 6 nitrogen and oxygen atoms in total. The summed E-state index contributed by atoms with van der Waals surface area (Å²) in [7, 11) is 0. The molecule has 2 unspecified atom stereocenters. The van der Waals surface area contributed by atoms with Gasteiger partial charge in [0.1, 0.15) is 21.8 Å². The van der Waals surface area contributed by atoms with Crippen molar-refractivity contribution in [2.75, 3.05) is 18.0 Å². The van der Waals surface area contributed by atoms with Crippen LogP contribution < -0.4 is 10.5 Å². The minimum absolute atomic E-state index is 0.0459. The maximum absolute atomic E-state index is 13.4. The second-order valence-electron chi connectivity index (χ2n) is 9.74. The third kappa shape index (κ3) is 4.38. The summed E-state index contributed by atoms with van der Waals surface area (Å²) in [6, 6.07) is 2.30. The van der Waals surface area contributed by atoms with Crippen LogP contribution in [0, 0.1) is 30.1 Å². The van der Waals surface area contributed by atoms with E-state index in [9.17, 15) is 14.9 Å². The van der Waals surface area contributed by atoms with Crippen LogP contribution in [-0.2, 0) is 11.3 Å². The molecule has 1 amide bonds. The molecule has 2 aliphatic heterocycles. The van der Waals surface area contributed by atoms with E-state index in [4.69, 9.17) is 12.2 Å². The number of nitriles is 1. The van der Waals surface area contributed by atoms with Gasteiger partial charge < -0.3 is 4.90 Å². The number of pyridine rings is 1. The number of rotatable bonds is 4. The van der Waals surface area contributed by atoms with Crippen LogP contribution >= 0.6 is 24.0 Å². The molecule has 0 aromatic carbocycles. The van der Waals surface area contributed by atoms with Crippen molar-refractivity contribution in [3.8, 4) is 6.07 Å². The first-order valence-corrected chi connectivity index (χ1v) is 13.2. The van der Waals surface area contributed by atoms with E-state index in [2.05, 4.69) is 24.8 Å². The molecule has 4 rings (SSSR count). The van der Waals surface area contributed by atoms with Gasteiger partial charge in [-0.1, -0.05) is 50.7 Å². The van der Waals surface area contributed by atoms with Gasteiger partial charge in [-0.05, 0) is 56.6 Å². The largest absolute Gasteiger partial charge is 0.357 e. The zero-order valence-electron chi connectivity index (χ0n) is 19.9. The maximum Gasteiger partial charge on any atom is 0.270 e. The van der Waals surface area contributed by atoms with Crippen LogP contribution in [0.4, 0.5) is 5.82 Å². The zero-order valence-corrected chi connectivity index (χ0v) is 21.5. The fourth-order valence-corrected chi connectivity index (χ4v) is 7.08. The molecule has 3 aliphatic rings. The van der Waals surface area contributed by atoms with Crippen LogP contribution in [0.3, 0.4) is 0 Å². The summed E-state index contributed by atoms with van der Waals surface area (Å²) in [6.07, 6.45) is 7.27. The quantitative estimate of drug-likeness (QED) is 0.457. The highest BCUT2D eigenvalue weighted by molar-refractivity contribution is 8.26. The van der Waals surface area contributed by atoms with Gasteiger partial charge in [-0.15, -0.1) is 0 Å². The molecule has 3 heterocycles. The fourth-order valence-electron chi connectivity index (χ4n) is 5.70. The van der Waals surface area contributed by atoms with E-state index in [-0.39, 0.29) is 23.1 Å². The molecule has 1 aromatic heterocycles. The van der Waals surface area contributed by atoms with Crippen molar-refractivity contribution in [3.63, 3.8) is 0 Å². The number of hydrogen-bond acceptors (Lipinski definition) is 6. The van der Waals surface area contributed by atoms with Gasteiger partial charge in [-0.2, -0.15) is 5.26 Å². The van der Waals surface area contributed by atoms with Gasteiger partial charge in [-0.3, -0.25) is 19.1 Å². The summed E-state index contributed by atoms with van der Waals surface area (Å²) in [5.41, 5.74) is 1.32. The van der Waals surface area contributed by atoms with Crippen LogP contribution in [0.15, 0.2) is 9.70 Å². The van der Waals surface area contributed by atoms with Crippen molar-refractivity contribution in [3.05, 3.63) is 31.9 Å². The van der Waals surface area contributed by atoms with Crippen molar-refractivity contribution in [1.29, 1.82) is 5.26 Å². The van der Waals surface area contributed by atoms with Crippen molar-refractivity contribution < 1.29 is 4.79 Å². The lowest BCUT2D eigenvalue weighted by molar-refractivity contribution is -0.123. The summed E-state index contributed by atoms with van der Waals surface area (Å²) in [5.74, 6) is 1.77. The topological polar surface area (TPSA) is 69.3 Å². The molecule has 1 aliphatic carbocycles. The predicted octanol–water partition coefficient (Wildman–Crippen LogP) is 4.67. The number of carbonyl (C=O) groups is 1. The monoisotopic (exact) mass is 484 g/mol. The number of anilines is 1. The Morgan fingerprint density at radius 2 is 1.82 bits per heavy atom.